The Bertz CT molecular complexity index is 1250. The van der Waals surface area contributed by atoms with E-state index in [9.17, 15) is 5.11 Å². The molecule has 5 heteroatoms. The first kappa shape index (κ1) is 20.5. The van der Waals surface area contributed by atoms with Crippen LogP contribution in [0.4, 0.5) is 5.69 Å². The quantitative estimate of drug-likeness (QED) is 0.212. The molecule has 0 aliphatic carbocycles. The van der Waals surface area contributed by atoms with Crippen LogP contribution in [0.15, 0.2) is 108 Å². The highest BCUT2D eigenvalue weighted by molar-refractivity contribution is 9.10. The molecule has 0 bridgehead atoms. The number of aliphatic hydroxyl groups excluding tert-OH is 1. The summed E-state index contributed by atoms with van der Waals surface area (Å²) >= 11 is 3.52. The Kier molecular flexibility index (Phi) is 5.29. The van der Waals surface area contributed by atoms with E-state index >= 15 is 0 Å². The van der Waals surface area contributed by atoms with Gasteiger partial charge < -0.3 is 10.8 Å². The number of benzene rings is 4. The summed E-state index contributed by atoms with van der Waals surface area (Å²) < 4.78 is 0.755. The van der Waals surface area contributed by atoms with Gasteiger partial charge in [0.05, 0.1) is 17.0 Å². The molecule has 5 rings (SSSR count). The summed E-state index contributed by atoms with van der Waals surface area (Å²) in [5.74, 6) is 0. The Labute approximate surface area is 194 Å². The predicted molar refractivity (Wildman–Crippen MR) is 132 cm³/mol. The second-order valence-electron chi connectivity index (χ2n) is 7.84. The zero-order chi connectivity index (χ0) is 22.1. The molecule has 5 aromatic rings. The van der Waals surface area contributed by atoms with Crippen molar-refractivity contribution >= 4 is 32.5 Å². The lowest BCUT2D eigenvalue weighted by Gasteiger charge is -2.40. The van der Waals surface area contributed by atoms with Crippen molar-refractivity contribution in [2.75, 3.05) is 5.73 Å². The summed E-state index contributed by atoms with van der Waals surface area (Å²) in [5.41, 5.74) is 10.5. The van der Waals surface area contributed by atoms with E-state index in [1.807, 2.05) is 60.7 Å². The van der Waals surface area contributed by atoms with Gasteiger partial charge in [0.15, 0.2) is 0 Å². The maximum Gasteiger partial charge on any atom is 0.108 e. The second-order valence-corrected chi connectivity index (χ2v) is 8.64. The van der Waals surface area contributed by atoms with Crippen molar-refractivity contribution in [2.24, 2.45) is 0 Å². The van der Waals surface area contributed by atoms with Crippen molar-refractivity contribution in [1.82, 2.24) is 10.2 Å². The minimum absolute atomic E-state index is 0.496. The summed E-state index contributed by atoms with van der Waals surface area (Å²) in [6.07, 6.45) is -0.958. The Balaban J connectivity index is 1.86. The number of halogens is 1. The van der Waals surface area contributed by atoms with Gasteiger partial charge in [0.1, 0.15) is 4.60 Å². The van der Waals surface area contributed by atoms with Crippen molar-refractivity contribution < 1.29 is 5.11 Å². The van der Waals surface area contributed by atoms with E-state index < -0.39 is 11.5 Å². The summed E-state index contributed by atoms with van der Waals surface area (Å²) in [6, 6.07) is 34.1. The molecule has 0 aliphatic heterocycles. The normalized spacial score (nSPS) is 12.7. The lowest BCUT2D eigenvalue weighted by molar-refractivity contribution is 0.123. The van der Waals surface area contributed by atoms with E-state index in [1.54, 1.807) is 6.07 Å². The van der Waals surface area contributed by atoms with Crippen molar-refractivity contribution in [3.8, 4) is 0 Å². The van der Waals surface area contributed by atoms with E-state index in [0.717, 1.165) is 32.2 Å². The summed E-state index contributed by atoms with van der Waals surface area (Å²) in [7, 11) is 0. The van der Waals surface area contributed by atoms with Crippen molar-refractivity contribution in [3.05, 3.63) is 130 Å². The zero-order valence-electron chi connectivity index (χ0n) is 17.2. The minimum atomic E-state index is -0.958. The topological polar surface area (TPSA) is 74.9 Å². The van der Waals surface area contributed by atoms with Crippen LogP contribution in [0.1, 0.15) is 28.4 Å². The predicted octanol–water partition coefficient (Wildman–Crippen LogP) is 5.98. The molecule has 158 valence electrons. The third-order valence-electron chi connectivity index (χ3n) is 6.10. The molecule has 0 fully saturated rings. The van der Waals surface area contributed by atoms with Crippen molar-refractivity contribution in [2.45, 2.75) is 11.5 Å². The largest absolute Gasteiger partial charge is 0.398 e. The van der Waals surface area contributed by atoms with Crippen molar-refractivity contribution in [3.63, 3.8) is 0 Å². The Hall–Kier alpha value is -3.41. The van der Waals surface area contributed by atoms with Crippen LogP contribution in [0.3, 0.4) is 0 Å². The van der Waals surface area contributed by atoms with Gasteiger partial charge in [0, 0.05) is 16.6 Å². The average Bonchev–Trinajstić information content (AvgIpc) is 3.20. The van der Waals surface area contributed by atoms with Crippen LogP contribution in [0.2, 0.25) is 0 Å². The van der Waals surface area contributed by atoms with Crippen LogP contribution in [-0.4, -0.2) is 15.3 Å². The monoisotopic (exact) mass is 483 g/mol. The number of nitrogens with two attached hydrogens (primary N) is 1. The minimum Gasteiger partial charge on any atom is -0.398 e. The highest BCUT2D eigenvalue weighted by atomic mass is 79.9. The van der Waals surface area contributed by atoms with Crippen LogP contribution in [0.25, 0.3) is 10.9 Å². The molecular weight excluding hydrogens is 462 g/mol. The number of nitrogens with zero attached hydrogens (tertiary/aromatic N) is 1. The number of rotatable bonds is 5. The van der Waals surface area contributed by atoms with Crippen LogP contribution >= 0.6 is 15.9 Å². The highest BCUT2D eigenvalue weighted by Gasteiger charge is 2.44. The number of aromatic amines is 1. The van der Waals surface area contributed by atoms with Crippen LogP contribution < -0.4 is 5.73 Å². The zero-order valence-corrected chi connectivity index (χ0v) is 18.8. The van der Waals surface area contributed by atoms with E-state index in [2.05, 4.69) is 62.5 Å². The smallest absolute Gasteiger partial charge is 0.108 e. The van der Waals surface area contributed by atoms with Gasteiger partial charge in [-0.2, -0.15) is 5.10 Å². The van der Waals surface area contributed by atoms with E-state index in [-0.39, 0.29) is 0 Å². The van der Waals surface area contributed by atoms with Crippen molar-refractivity contribution in [1.29, 1.82) is 0 Å². The molecule has 0 saturated carbocycles. The highest BCUT2D eigenvalue weighted by Crippen LogP contribution is 2.50. The fourth-order valence-corrected chi connectivity index (χ4v) is 5.01. The number of aromatic nitrogens is 2. The molecule has 0 aliphatic rings. The number of nitrogens with one attached hydrogen (secondary N) is 1. The molecule has 0 saturated heterocycles. The Morgan fingerprint density at radius 1 is 0.781 bits per heavy atom. The molecule has 4 aromatic carbocycles. The van der Waals surface area contributed by atoms with Gasteiger partial charge in [-0.1, -0.05) is 91.0 Å². The van der Waals surface area contributed by atoms with Gasteiger partial charge in [-0.25, -0.2) is 0 Å². The fourth-order valence-electron chi connectivity index (χ4n) is 4.61. The number of fused-ring (bicyclic) bond motifs is 1. The third-order valence-corrected chi connectivity index (χ3v) is 6.71. The second kappa shape index (κ2) is 8.26. The van der Waals surface area contributed by atoms with Crippen LogP contribution in [0, 0.1) is 0 Å². The number of anilines is 1. The molecule has 4 N–H and O–H groups in total. The number of hydrogen-bond donors (Lipinski definition) is 3. The number of nitrogen functional groups attached to an aromatic ring is 1. The molecule has 1 atom stereocenters. The molecule has 1 heterocycles. The molecule has 0 amide bonds. The first-order valence-electron chi connectivity index (χ1n) is 10.4. The first-order valence-corrected chi connectivity index (χ1v) is 11.2. The van der Waals surface area contributed by atoms with E-state index in [1.165, 1.54) is 0 Å². The lowest BCUT2D eigenvalue weighted by Crippen LogP contribution is -2.37. The van der Waals surface area contributed by atoms with Gasteiger partial charge in [0.2, 0.25) is 0 Å². The molecule has 0 spiro atoms. The molecule has 1 aromatic heterocycles. The molecular formula is C27H22BrN3O. The SMILES string of the molecule is Nc1cc2n[nH]c(Br)c2cc1C(O)C(c1ccccc1)(c1ccccc1)c1ccccc1. The maximum atomic E-state index is 12.2. The first-order chi connectivity index (χ1) is 15.6. The molecule has 0 radical (unpaired) electrons. The standard InChI is InChI=1S/C27H22BrN3O/c28-26-22-16-21(23(29)17-24(22)30-31-26)25(32)27(18-10-4-1-5-11-18,19-12-6-2-7-13-19)20-14-8-3-9-15-20/h1-17,25,32H,29H2,(H,30,31). The maximum absolute atomic E-state index is 12.2. The Morgan fingerprint density at radius 2 is 1.25 bits per heavy atom. The average molecular weight is 484 g/mol. The summed E-state index contributed by atoms with van der Waals surface area (Å²) in [4.78, 5) is 0. The Morgan fingerprint density at radius 3 is 1.72 bits per heavy atom. The fraction of sp³-hybridized carbons (Fsp3) is 0.0741. The third kappa shape index (κ3) is 3.22. The number of hydrogen-bond acceptors (Lipinski definition) is 3. The molecule has 32 heavy (non-hydrogen) atoms. The summed E-state index contributed by atoms with van der Waals surface area (Å²) in [5, 5.41) is 20.3. The summed E-state index contributed by atoms with van der Waals surface area (Å²) in [6.45, 7) is 0. The molecule has 1 unspecified atom stereocenters. The van der Waals surface area contributed by atoms with Gasteiger partial charge in [0.25, 0.3) is 0 Å². The van der Waals surface area contributed by atoms with Crippen LogP contribution in [-0.2, 0) is 5.41 Å². The van der Waals surface area contributed by atoms with Crippen LogP contribution in [0.5, 0.6) is 0 Å². The molecule has 4 nitrogen and oxygen atoms in total. The van der Waals surface area contributed by atoms with E-state index in [0.29, 0.717) is 11.3 Å². The van der Waals surface area contributed by atoms with Gasteiger partial charge >= 0.3 is 0 Å². The van der Waals surface area contributed by atoms with Gasteiger partial charge in [-0.3, -0.25) is 5.10 Å². The van der Waals surface area contributed by atoms with Gasteiger partial charge in [-0.05, 0) is 44.8 Å². The van der Waals surface area contributed by atoms with E-state index in [4.69, 9.17) is 5.73 Å². The lowest BCUT2D eigenvalue weighted by atomic mass is 9.64. The van der Waals surface area contributed by atoms with Gasteiger partial charge in [-0.15, -0.1) is 0 Å². The number of H-pyrrole nitrogens is 1. The number of aliphatic hydroxyl groups is 1.